The van der Waals surface area contributed by atoms with Crippen LogP contribution in [0.25, 0.3) is 0 Å². The van der Waals surface area contributed by atoms with Crippen LogP contribution in [0.2, 0.25) is 0 Å². The maximum atomic E-state index is 13.2. The van der Waals surface area contributed by atoms with Gasteiger partial charge in [-0.25, -0.2) is 4.39 Å². The Morgan fingerprint density at radius 1 is 1.35 bits per heavy atom. The van der Waals surface area contributed by atoms with E-state index >= 15 is 0 Å². The molecule has 96 valence electrons. The molecule has 1 aromatic rings. The highest BCUT2D eigenvalue weighted by Gasteiger charge is 2.19. The molecule has 0 N–H and O–H groups in total. The molecule has 0 amide bonds. The van der Waals surface area contributed by atoms with Crippen LogP contribution in [0, 0.1) is 11.7 Å². The predicted molar refractivity (Wildman–Crippen MR) is 76.0 cm³/mol. The van der Waals surface area contributed by atoms with Crippen molar-refractivity contribution in [1.29, 1.82) is 0 Å². The molecule has 2 atom stereocenters. The Labute approximate surface area is 117 Å². The van der Waals surface area contributed by atoms with Crippen molar-refractivity contribution < 1.29 is 4.39 Å². The maximum Gasteiger partial charge on any atom is 0.137 e. The molecule has 0 nitrogen and oxygen atoms in total. The minimum atomic E-state index is -0.237. The summed E-state index contributed by atoms with van der Waals surface area (Å²) in [5, 5.41) is -0.0246. The third kappa shape index (κ3) is 4.26. The van der Waals surface area contributed by atoms with E-state index in [2.05, 4.69) is 29.8 Å². The molecule has 0 aliphatic carbocycles. The third-order valence-electron chi connectivity index (χ3n) is 3.13. The number of unbranched alkanes of at least 4 members (excludes halogenated alkanes) is 1. The summed E-state index contributed by atoms with van der Waals surface area (Å²) in [6, 6.07) is 5.05. The molecule has 0 saturated heterocycles. The molecule has 0 aromatic heterocycles. The number of hydrogen-bond donors (Lipinski definition) is 0. The van der Waals surface area contributed by atoms with Crippen molar-refractivity contribution in [3.05, 3.63) is 34.1 Å². The van der Waals surface area contributed by atoms with Crippen LogP contribution in [-0.2, 0) is 0 Å². The first-order valence-corrected chi connectivity index (χ1v) is 7.42. The van der Waals surface area contributed by atoms with E-state index < -0.39 is 0 Å². The molecule has 0 fully saturated rings. The van der Waals surface area contributed by atoms with Gasteiger partial charge in [0.15, 0.2) is 0 Å². The lowest BCUT2D eigenvalue weighted by molar-refractivity contribution is 0.436. The Kier molecular flexibility index (Phi) is 6.50. The molecule has 0 bridgehead atoms. The fourth-order valence-electron chi connectivity index (χ4n) is 1.98. The van der Waals surface area contributed by atoms with Crippen molar-refractivity contribution in [2.45, 2.75) is 44.9 Å². The average Bonchev–Trinajstić information content (AvgIpc) is 2.33. The highest BCUT2D eigenvalue weighted by Crippen LogP contribution is 2.35. The monoisotopic (exact) mass is 320 g/mol. The van der Waals surface area contributed by atoms with Gasteiger partial charge in [-0.3, -0.25) is 0 Å². The van der Waals surface area contributed by atoms with Gasteiger partial charge in [0.1, 0.15) is 5.82 Å². The van der Waals surface area contributed by atoms with Crippen LogP contribution in [0.15, 0.2) is 22.7 Å². The number of rotatable bonds is 6. The van der Waals surface area contributed by atoms with Crippen LogP contribution in [0.5, 0.6) is 0 Å². The maximum absolute atomic E-state index is 13.2. The first-order chi connectivity index (χ1) is 8.10. The smallest absolute Gasteiger partial charge is 0.137 e. The van der Waals surface area contributed by atoms with Crippen LogP contribution >= 0.6 is 27.5 Å². The molecule has 0 spiro atoms. The second-order valence-electron chi connectivity index (χ2n) is 4.39. The molecule has 0 aliphatic heterocycles. The van der Waals surface area contributed by atoms with E-state index in [0.29, 0.717) is 10.4 Å². The van der Waals surface area contributed by atoms with E-state index in [1.165, 1.54) is 18.9 Å². The van der Waals surface area contributed by atoms with Crippen LogP contribution in [0.1, 0.15) is 50.5 Å². The second-order valence-corrected chi connectivity index (χ2v) is 5.71. The zero-order valence-corrected chi connectivity index (χ0v) is 12.7. The van der Waals surface area contributed by atoms with Gasteiger partial charge in [-0.1, -0.05) is 39.2 Å². The molecule has 2 unspecified atom stereocenters. The summed E-state index contributed by atoms with van der Waals surface area (Å²) in [6.07, 6.45) is 4.58. The van der Waals surface area contributed by atoms with Crippen molar-refractivity contribution in [3.63, 3.8) is 0 Å². The standard InChI is InChI=1S/C14H19BrClF/c1-3-5-6-10(4-2)14(16)11-7-8-13(17)12(15)9-11/h7-10,14H,3-6H2,1-2H3. The van der Waals surface area contributed by atoms with E-state index in [0.717, 1.165) is 18.4 Å². The SMILES string of the molecule is CCCCC(CC)C(Cl)c1ccc(F)c(Br)c1. The Morgan fingerprint density at radius 2 is 2.06 bits per heavy atom. The van der Waals surface area contributed by atoms with E-state index in [9.17, 15) is 4.39 Å². The number of hydrogen-bond acceptors (Lipinski definition) is 0. The van der Waals surface area contributed by atoms with E-state index in [-0.39, 0.29) is 11.2 Å². The molecule has 1 aromatic carbocycles. The van der Waals surface area contributed by atoms with Gasteiger partial charge >= 0.3 is 0 Å². The second kappa shape index (κ2) is 7.38. The van der Waals surface area contributed by atoms with E-state index in [4.69, 9.17) is 11.6 Å². The summed E-state index contributed by atoms with van der Waals surface area (Å²) in [4.78, 5) is 0. The number of halogens is 3. The van der Waals surface area contributed by atoms with Gasteiger partial charge in [-0.2, -0.15) is 0 Å². The summed E-state index contributed by atoms with van der Waals surface area (Å²) >= 11 is 9.69. The fourth-order valence-corrected chi connectivity index (χ4v) is 2.82. The summed E-state index contributed by atoms with van der Waals surface area (Å²) in [6.45, 7) is 4.35. The van der Waals surface area contributed by atoms with Crippen LogP contribution in [0.3, 0.4) is 0 Å². The Hall–Kier alpha value is -0.0800. The Bertz CT molecular complexity index is 354. The largest absolute Gasteiger partial charge is 0.206 e. The molecule has 0 aliphatic rings. The minimum absolute atomic E-state index is 0.0246. The fraction of sp³-hybridized carbons (Fsp3) is 0.571. The lowest BCUT2D eigenvalue weighted by atomic mass is 9.91. The van der Waals surface area contributed by atoms with Gasteiger partial charge in [0.05, 0.1) is 9.85 Å². The molecule has 1 rings (SSSR count). The molecule has 0 radical (unpaired) electrons. The summed E-state index contributed by atoms with van der Waals surface area (Å²) in [5.74, 6) is 0.230. The zero-order valence-electron chi connectivity index (χ0n) is 10.3. The molecule has 0 saturated carbocycles. The van der Waals surface area contributed by atoms with Gasteiger partial charge in [-0.05, 0) is 46.0 Å². The van der Waals surface area contributed by atoms with Crippen molar-refractivity contribution in [2.24, 2.45) is 5.92 Å². The van der Waals surface area contributed by atoms with Crippen molar-refractivity contribution in [3.8, 4) is 0 Å². The summed E-state index contributed by atoms with van der Waals surface area (Å²) in [5.41, 5.74) is 1.00. The molecule has 0 heterocycles. The van der Waals surface area contributed by atoms with Gasteiger partial charge in [-0.15, -0.1) is 11.6 Å². The lowest BCUT2D eigenvalue weighted by Crippen LogP contribution is -2.07. The summed E-state index contributed by atoms with van der Waals surface area (Å²) < 4.78 is 13.6. The Balaban J connectivity index is 2.78. The molecule has 17 heavy (non-hydrogen) atoms. The van der Waals surface area contributed by atoms with E-state index in [1.807, 2.05) is 0 Å². The minimum Gasteiger partial charge on any atom is -0.206 e. The van der Waals surface area contributed by atoms with Gasteiger partial charge in [0, 0.05) is 0 Å². The normalized spacial score (nSPS) is 14.6. The highest BCUT2D eigenvalue weighted by molar-refractivity contribution is 9.10. The lowest BCUT2D eigenvalue weighted by Gasteiger charge is -2.21. The van der Waals surface area contributed by atoms with Gasteiger partial charge in [0.2, 0.25) is 0 Å². The van der Waals surface area contributed by atoms with Crippen molar-refractivity contribution >= 4 is 27.5 Å². The van der Waals surface area contributed by atoms with Gasteiger partial charge < -0.3 is 0 Å². The van der Waals surface area contributed by atoms with Crippen molar-refractivity contribution in [1.82, 2.24) is 0 Å². The Morgan fingerprint density at radius 3 is 2.59 bits per heavy atom. The first kappa shape index (κ1) is 15.0. The molecular weight excluding hydrogens is 303 g/mol. The highest BCUT2D eigenvalue weighted by atomic mass is 79.9. The average molecular weight is 322 g/mol. The number of alkyl halides is 1. The van der Waals surface area contributed by atoms with Crippen molar-refractivity contribution in [2.75, 3.05) is 0 Å². The predicted octanol–water partition coefficient (Wildman–Crippen LogP) is 6.08. The van der Waals surface area contributed by atoms with Gasteiger partial charge in [0.25, 0.3) is 0 Å². The topological polar surface area (TPSA) is 0 Å². The zero-order chi connectivity index (χ0) is 12.8. The summed E-state index contributed by atoms with van der Waals surface area (Å²) in [7, 11) is 0. The molecular formula is C14H19BrClF. The third-order valence-corrected chi connectivity index (χ3v) is 4.34. The van der Waals surface area contributed by atoms with Crippen LogP contribution in [0.4, 0.5) is 4.39 Å². The van der Waals surface area contributed by atoms with Crippen LogP contribution in [-0.4, -0.2) is 0 Å². The van der Waals surface area contributed by atoms with E-state index in [1.54, 1.807) is 12.1 Å². The first-order valence-electron chi connectivity index (χ1n) is 6.19. The number of benzene rings is 1. The molecule has 3 heteroatoms. The van der Waals surface area contributed by atoms with Crippen LogP contribution < -0.4 is 0 Å². The quantitative estimate of drug-likeness (QED) is 0.557.